The Labute approximate surface area is 181 Å². The Morgan fingerprint density at radius 1 is 1.27 bits per heavy atom. The van der Waals surface area contributed by atoms with Crippen LogP contribution < -0.4 is 16.0 Å². The number of amides is 1. The molecule has 1 saturated heterocycles. The summed E-state index contributed by atoms with van der Waals surface area (Å²) in [6, 6.07) is 9.54. The third kappa shape index (κ3) is 4.13. The van der Waals surface area contributed by atoms with Gasteiger partial charge in [-0.15, -0.1) is 0 Å². The van der Waals surface area contributed by atoms with Gasteiger partial charge in [0.1, 0.15) is 17.8 Å². The Morgan fingerprint density at radius 2 is 2.00 bits per heavy atom. The number of nitrogens with one attached hydrogen (secondary N) is 2. The summed E-state index contributed by atoms with van der Waals surface area (Å²) >= 11 is 6.01. The highest BCUT2D eigenvalue weighted by atomic mass is 35.5. The molecule has 30 heavy (non-hydrogen) atoms. The van der Waals surface area contributed by atoms with E-state index in [0.717, 1.165) is 35.3 Å². The minimum Gasteiger partial charge on any atom is -0.356 e. The minimum atomic E-state index is -0.890. The monoisotopic (exact) mass is 426 g/mol. The van der Waals surface area contributed by atoms with E-state index in [0.29, 0.717) is 31.0 Å². The van der Waals surface area contributed by atoms with Gasteiger partial charge in [-0.25, -0.2) is 9.97 Å². The quantitative estimate of drug-likeness (QED) is 0.559. The van der Waals surface area contributed by atoms with Crippen LogP contribution in [0.15, 0.2) is 42.9 Å². The number of piperidine rings is 1. The summed E-state index contributed by atoms with van der Waals surface area (Å²) in [5.74, 6) is 0.791. The van der Waals surface area contributed by atoms with Crippen LogP contribution in [0.1, 0.15) is 44.2 Å². The van der Waals surface area contributed by atoms with Gasteiger partial charge >= 0.3 is 0 Å². The zero-order valence-corrected chi connectivity index (χ0v) is 17.8. The van der Waals surface area contributed by atoms with Gasteiger partial charge in [-0.05, 0) is 43.0 Å². The Morgan fingerprint density at radius 3 is 2.70 bits per heavy atom. The van der Waals surface area contributed by atoms with Gasteiger partial charge in [0.25, 0.3) is 0 Å². The number of nitrogens with zero attached hydrogens (tertiary/aromatic N) is 3. The molecule has 1 atom stereocenters. The first-order chi connectivity index (χ1) is 14.5. The molecule has 0 saturated carbocycles. The first kappa shape index (κ1) is 20.6. The highest BCUT2D eigenvalue weighted by molar-refractivity contribution is 6.30. The summed E-state index contributed by atoms with van der Waals surface area (Å²) in [6.07, 6.45) is 6.36. The van der Waals surface area contributed by atoms with Crippen LogP contribution in [0.25, 0.3) is 11.0 Å². The zero-order chi connectivity index (χ0) is 21.1. The maximum Gasteiger partial charge on any atom is 0.240 e. The molecule has 0 spiro atoms. The van der Waals surface area contributed by atoms with E-state index in [9.17, 15) is 4.79 Å². The molecule has 4 rings (SSSR count). The second kappa shape index (κ2) is 8.62. The Hall–Kier alpha value is -2.64. The summed E-state index contributed by atoms with van der Waals surface area (Å²) in [5.41, 5.74) is 7.55. The smallest absolute Gasteiger partial charge is 0.240 e. The number of H-pyrrole nitrogens is 1. The predicted molar refractivity (Wildman–Crippen MR) is 119 cm³/mol. The van der Waals surface area contributed by atoms with E-state index in [4.69, 9.17) is 17.3 Å². The highest BCUT2D eigenvalue weighted by Gasteiger charge is 2.39. The SMILES string of the molecule is CCCC(NC(=O)C1(N)CCN(c2ncnc3[nH]ccc23)CC1)c1ccc(Cl)cc1. The molecule has 158 valence electrons. The van der Waals surface area contributed by atoms with Crippen LogP contribution in [0.5, 0.6) is 0 Å². The van der Waals surface area contributed by atoms with Gasteiger partial charge in [-0.3, -0.25) is 4.79 Å². The fourth-order valence-corrected chi connectivity index (χ4v) is 4.19. The number of nitrogens with two attached hydrogens (primary N) is 1. The normalized spacial score (nSPS) is 17.1. The van der Waals surface area contributed by atoms with Gasteiger partial charge in [-0.1, -0.05) is 37.1 Å². The van der Waals surface area contributed by atoms with Crippen LogP contribution in [-0.4, -0.2) is 39.5 Å². The lowest BCUT2D eigenvalue weighted by atomic mass is 9.86. The number of benzene rings is 1. The Bertz CT molecular complexity index is 1010. The van der Waals surface area contributed by atoms with Crippen molar-refractivity contribution in [3.63, 3.8) is 0 Å². The van der Waals surface area contributed by atoms with E-state index in [1.807, 2.05) is 36.5 Å². The lowest BCUT2D eigenvalue weighted by Crippen LogP contribution is -2.60. The number of halogens is 1. The van der Waals surface area contributed by atoms with Gasteiger partial charge in [0.05, 0.1) is 17.0 Å². The molecule has 0 aliphatic carbocycles. The van der Waals surface area contributed by atoms with Gasteiger partial charge in [-0.2, -0.15) is 0 Å². The first-order valence-electron chi connectivity index (χ1n) is 10.4. The molecule has 1 aliphatic heterocycles. The van der Waals surface area contributed by atoms with Crippen molar-refractivity contribution in [3.05, 3.63) is 53.4 Å². The van der Waals surface area contributed by atoms with E-state index < -0.39 is 5.54 Å². The average Bonchev–Trinajstić information content (AvgIpc) is 3.24. The lowest BCUT2D eigenvalue weighted by Gasteiger charge is -2.39. The fourth-order valence-electron chi connectivity index (χ4n) is 4.06. The Kier molecular flexibility index (Phi) is 5.92. The van der Waals surface area contributed by atoms with Crippen molar-refractivity contribution < 1.29 is 4.79 Å². The Balaban J connectivity index is 1.44. The topological polar surface area (TPSA) is 99.9 Å². The summed E-state index contributed by atoms with van der Waals surface area (Å²) in [5, 5.41) is 4.86. The molecule has 4 N–H and O–H groups in total. The number of rotatable bonds is 6. The molecule has 1 amide bonds. The standard InChI is InChI=1S/C22H27ClN6O/c1-2-3-18(15-4-6-16(23)7-5-15)28-21(30)22(24)9-12-29(13-10-22)20-17-8-11-25-19(17)26-14-27-20/h4-8,11,14,18H,2-3,9-10,12-13,24H2,1H3,(H,28,30)(H,25,26,27). The van der Waals surface area contributed by atoms with Gasteiger partial charge in [0.2, 0.25) is 5.91 Å². The van der Waals surface area contributed by atoms with Crippen molar-refractivity contribution in [2.45, 2.75) is 44.2 Å². The number of aromatic amines is 1. The third-order valence-electron chi connectivity index (χ3n) is 5.90. The van der Waals surface area contributed by atoms with E-state index in [2.05, 4.69) is 32.1 Å². The van der Waals surface area contributed by atoms with Crippen LogP contribution in [0.4, 0.5) is 5.82 Å². The minimum absolute atomic E-state index is 0.0698. The zero-order valence-electron chi connectivity index (χ0n) is 17.1. The average molecular weight is 427 g/mol. The number of carbonyl (C=O) groups is 1. The molecule has 1 unspecified atom stereocenters. The first-order valence-corrected chi connectivity index (χ1v) is 10.8. The number of anilines is 1. The van der Waals surface area contributed by atoms with Crippen molar-refractivity contribution in [3.8, 4) is 0 Å². The molecular weight excluding hydrogens is 400 g/mol. The van der Waals surface area contributed by atoms with Crippen molar-refractivity contribution in [1.29, 1.82) is 0 Å². The molecule has 3 aromatic rings. The summed E-state index contributed by atoms with van der Waals surface area (Å²) in [7, 11) is 0. The molecule has 1 aromatic carbocycles. The summed E-state index contributed by atoms with van der Waals surface area (Å²) < 4.78 is 0. The van der Waals surface area contributed by atoms with Gasteiger partial charge < -0.3 is 20.9 Å². The number of aromatic nitrogens is 3. The number of hydrogen-bond donors (Lipinski definition) is 3. The van der Waals surface area contributed by atoms with Gasteiger partial charge in [0, 0.05) is 24.3 Å². The van der Waals surface area contributed by atoms with Crippen molar-refractivity contribution in [2.24, 2.45) is 5.73 Å². The van der Waals surface area contributed by atoms with Crippen LogP contribution in [-0.2, 0) is 4.79 Å². The van der Waals surface area contributed by atoms with E-state index >= 15 is 0 Å². The fraction of sp³-hybridized carbons (Fsp3) is 0.409. The largest absolute Gasteiger partial charge is 0.356 e. The van der Waals surface area contributed by atoms with Crippen LogP contribution in [0, 0.1) is 0 Å². The lowest BCUT2D eigenvalue weighted by molar-refractivity contribution is -0.128. The molecule has 0 radical (unpaired) electrons. The molecule has 1 fully saturated rings. The van der Waals surface area contributed by atoms with E-state index in [1.165, 1.54) is 0 Å². The van der Waals surface area contributed by atoms with Crippen LogP contribution in [0.3, 0.4) is 0 Å². The van der Waals surface area contributed by atoms with Crippen LogP contribution in [0.2, 0.25) is 5.02 Å². The van der Waals surface area contributed by atoms with E-state index in [1.54, 1.807) is 6.33 Å². The van der Waals surface area contributed by atoms with E-state index in [-0.39, 0.29) is 11.9 Å². The predicted octanol–water partition coefficient (Wildman–Crippen LogP) is 3.57. The number of fused-ring (bicyclic) bond motifs is 1. The molecule has 8 heteroatoms. The van der Waals surface area contributed by atoms with Gasteiger partial charge in [0.15, 0.2) is 0 Å². The maximum absolute atomic E-state index is 13.1. The van der Waals surface area contributed by atoms with Crippen LogP contribution >= 0.6 is 11.6 Å². The summed E-state index contributed by atoms with van der Waals surface area (Å²) in [4.78, 5) is 27.1. The molecule has 0 bridgehead atoms. The number of hydrogen-bond acceptors (Lipinski definition) is 5. The summed E-state index contributed by atoms with van der Waals surface area (Å²) in [6.45, 7) is 3.44. The van der Waals surface area contributed by atoms with Crippen molar-refractivity contribution in [2.75, 3.05) is 18.0 Å². The molecule has 7 nitrogen and oxygen atoms in total. The maximum atomic E-state index is 13.1. The second-order valence-electron chi connectivity index (χ2n) is 7.95. The van der Waals surface area contributed by atoms with Crippen molar-refractivity contribution in [1.82, 2.24) is 20.3 Å². The van der Waals surface area contributed by atoms with Crippen molar-refractivity contribution >= 4 is 34.4 Å². The second-order valence-corrected chi connectivity index (χ2v) is 8.38. The highest BCUT2D eigenvalue weighted by Crippen LogP contribution is 2.29. The molecule has 2 aromatic heterocycles. The molecule has 1 aliphatic rings. The molecular formula is C22H27ClN6O. The third-order valence-corrected chi connectivity index (χ3v) is 6.15. The number of carbonyl (C=O) groups excluding carboxylic acids is 1. The molecule has 3 heterocycles.